The van der Waals surface area contributed by atoms with Gasteiger partial charge >= 0.3 is 5.97 Å². The first-order valence-corrected chi connectivity index (χ1v) is 26.7. The summed E-state index contributed by atoms with van der Waals surface area (Å²) >= 11 is 0. The van der Waals surface area contributed by atoms with Gasteiger partial charge in [0.1, 0.15) is 65.9 Å². The fraction of sp³-hybridized carbons (Fsp3) is 0.463. The lowest BCUT2D eigenvalue weighted by molar-refractivity contribution is -0.143. The number of hydrogen-bond donors (Lipinski definition) is 19. The van der Waals surface area contributed by atoms with Crippen LogP contribution in [-0.4, -0.2) is 194 Å². The van der Waals surface area contributed by atoms with Gasteiger partial charge in [0, 0.05) is 25.8 Å². The number of benzene rings is 3. The van der Waals surface area contributed by atoms with Gasteiger partial charge in [-0.25, -0.2) is 4.79 Å². The normalized spacial score (nSPS) is 14.9. The highest BCUT2D eigenvalue weighted by molar-refractivity contribution is 5.99. The fourth-order valence-electron chi connectivity index (χ4n) is 8.04. The largest absolute Gasteiger partial charge is 0.508 e. The molecule has 0 bridgehead atoms. The molecule has 30 heteroatoms. The van der Waals surface area contributed by atoms with Crippen LogP contribution in [0.15, 0.2) is 83.9 Å². The molecule has 11 atom stereocenters. The Kier molecular flexibility index (Phi) is 29.0. The molecular weight excluding hydrogens is 1100 g/mol. The summed E-state index contributed by atoms with van der Waals surface area (Å²) in [7, 11) is 0. The van der Waals surface area contributed by atoms with Crippen molar-refractivity contribution < 1.29 is 83.7 Å². The molecule has 9 amide bonds. The van der Waals surface area contributed by atoms with Gasteiger partial charge in [-0.2, -0.15) is 0 Å². The van der Waals surface area contributed by atoms with Crippen LogP contribution in [0.3, 0.4) is 0 Å². The minimum absolute atomic E-state index is 0.00401. The Morgan fingerprint density at radius 2 is 0.857 bits per heavy atom. The summed E-state index contributed by atoms with van der Waals surface area (Å²) in [4.78, 5) is 139. The summed E-state index contributed by atoms with van der Waals surface area (Å²) in [6.07, 6.45) is -2.28. The first kappa shape index (κ1) is 69.3. The molecule has 0 aliphatic rings. The third-order valence-corrected chi connectivity index (χ3v) is 13.0. The van der Waals surface area contributed by atoms with Crippen LogP contribution in [0.4, 0.5) is 0 Å². The maximum Gasteiger partial charge on any atom is 0.328 e. The number of carboxylic acid groups (broad SMARTS) is 1. The van der Waals surface area contributed by atoms with E-state index in [-0.39, 0.29) is 62.5 Å². The van der Waals surface area contributed by atoms with E-state index in [4.69, 9.17) is 17.2 Å². The molecule has 0 fully saturated rings. The van der Waals surface area contributed by atoms with Crippen LogP contribution >= 0.6 is 0 Å². The Morgan fingerprint density at radius 3 is 1.29 bits per heavy atom. The van der Waals surface area contributed by atoms with E-state index >= 15 is 0 Å². The van der Waals surface area contributed by atoms with Gasteiger partial charge in [-0.05, 0) is 66.6 Å². The summed E-state index contributed by atoms with van der Waals surface area (Å²) in [6, 6.07) is 4.50. The number of guanidine groups is 1. The Bertz CT molecular complexity index is 2720. The molecular formula is C54H77N13O17. The van der Waals surface area contributed by atoms with Crippen molar-refractivity contribution in [2.75, 3.05) is 32.9 Å². The molecule has 0 aliphatic heterocycles. The van der Waals surface area contributed by atoms with E-state index in [9.17, 15) is 83.7 Å². The molecule has 30 nitrogen and oxygen atoms in total. The van der Waals surface area contributed by atoms with Crippen LogP contribution in [0.1, 0.15) is 56.7 Å². The van der Waals surface area contributed by atoms with Crippen LogP contribution in [0, 0.1) is 5.92 Å². The van der Waals surface area contributed by atoms with Crippen LogP contribution in [0.25, 0.3) is 0 Å². The number of phenols is 2. The van der Waals surface area contributed by atoms with Crippen LogP contribution < -0.4 is 65.1 Å². The number of nitrogens with one attached hydrogen (secondary N) is 9. The molecule has 84 heavy (non-hydrogen) atoms. The highest BCUT2D eigenvalue weighted by atomic mass is 16.4. The molecule has 0 spiro atoms. The summed E-state index contributed by atoms with van der Waals surface area (Å²) in [5.41, 5.74) is 17.8. The Hall–Kier alpha value is -8.97. The van der Waals surface area contributed by atoms with E-state index < -0.39 is 152 Å². The summed E-state index contributed by atoms with van der Waals surface area (Å²) in [5, 5.41) is 91.6. The maximum atomic E-state index is 14.4. The van der Waals surface area contributed by atoms with E-state index in [0.717, 1.165) is 0 Å². The number of nitrogens with two attached hydrogens (primary N) is 3. The zero-order valence-electron chi connectivity index (χ0n) is 46.5. The predicted molar refractivity (Wildman–Crippen MR) is 300 cm³/mol. The lowest BCUT2D eigenvalue weighted by Crippen LogP contribution is -2.62. The van der Waals surface area contributed by atoms with E-state index in [1.54, 1.807) is 44.2 Å². The monoisotopic (exact) mass is 1180 g/mol. The number of carbonyl (C=O) groups is 10. The van der Waals surface area contributed by atoms with E-state index in [0.29, 0.717) is 16.7 Å². The van der Waals surface area contributed by atoms with E-state index in [1.807, 2.05) is 0 Å². The number of nitrogens with zero attached hydrogens (tertiary/aromatic N) is 1. The van der Waals surface area contributed by atoms with Crippen molar-refractivity contribution in [3.8, 4) is 11.5 Å². The van der Waals surface area contributed by atoms with Gasteiger partial charge in [0.25, 0.3) is 0 Å². The second-order valence-electron chi connectivity index (χ2n) is 19.6. The lowest BCUT2D eigenvalue weighted by atomic mass is 9.96. The van der Waals surface area contributed by atoms with Gasteiger partial charge in [-0.15, -0.1) is 0 Å². The highest BCUT2D eigenvalue weighted by Gasteiger charge is 2.37. The number of aliphatic hydroxyl groups excluding tert-OH is 4. The van der Waals surface area contributed by atoms with Gasteiger partial charge in [-0.3, -0.25) is 48.1 Å². The Balaban J connectivity index is 1.90. The van der Waals surface area contributed by atoms with Crippen molar-refractivity contribution in [1.29, 1.82) is 0 Å². The standard InChI is InChI=1S/C54H77N13O17/c1-4-28(2)43(51(81)65-41(27-70)53(83)84)66-48(78)38(23-32-14-18-34(73)19-15-32)61-49(79)39(25-68)64-50(80)40(26-69)63-45(75)35(11-8-20-58-54(56)57)60-46(76)37(21-30-9-6-5-7-10-30)62-52(82)44(29(3)71)67-47(77)36(59-42(74)24-55)22-31-12-16-33(72)17-13-31/h5-7,9-10,12-19,28-29,35-41,43-44,68-73H,4,8,11,20-27,55H2,1-3H3,(H,59,74)(H,60,76)(H,61,79)(H,62,82)(H,63,75)(H,64,80)(H,65,81)(H,66,78)(H,67,77)(H,83,84)(H4,56,57,58)/t28-,29+,35-,36-,37-,38-,39-,40-,41-,43-,44-/m0/s1. The van der Waals surface area contributed by atoms with E-state index in [2.05, 4.69) is 52.8 Å². The average molecular weight is 1180 g/mol. The SMILES string of the molecule is CC[C@H](C)[C@H](NC(=O)[C@H](Cc1ccc(O)cc1)NC(=O)[C@H](CO)NC(=O)[C@H](CO)NC(=O)[C@H](CCCN=C(N)N)NC(=O)[C@H](Cc1ccccc1)NC(=O)[C@@H](NC(=O)[C@H](Cc1ccc(O)cc1)NC(=O)CN)[C@@H](C)O)C(=O)N[C@@H](CO)C(=O)O. The van der Waals surface area contributed by atoms with Crippen molar-refractivity contribution in [2.24, 2.45) is 28.1 Å². The first-order valence-electron chi connectivity index (χ1n) is 26.7. The molecule has 0 saturated heterocycles. The molecule has 0 unspecified atom stereocenters. The summed E-state index contributed by atoms with van der Waals surface area (Å²) < 4.78 is 0. The molecule has 3 rings (SSSR count). The fourth-order valence-corrected chi connectivity index (χ4v) is 8.04. The van der Waals surface area contributed by atoms with Gasteiger partial charge in [0.15, 0.2) is 5.96 Å². The topological polar surface area (TPSA) is 511 Å². The predicted octanol–water partition coefficient (Wildman–Crippen LogP) is -6.01. The molecule has 3 aromatic rings. The minimum Gasteiger partial charge on any atom is -0.508 e. The Labute approximate surface area is 483 Å². The quantitative estimate of drug-likeness (QED) is 0.0148. The van der Waals surface area contributed by atoms with Gasteiger partial charge in [0.05, 0.1) is 32.5 Å². The molecule has 0 heterocycles. The minimum atomic E-state index is -1.90. The number of phenolic OH excluding ortho intramolecular Hbond substituents is 2. The van der Waals surface area contributed by atoms with E-state index in [1.165, 1.54) is 55.5 Å². The van der Waals surface area contributed by atoms with Crippen molar-refractivity contribution >= 4 is 65.1 Å². The summed E-state index contributed by atoms with van der Waals surface area (Å²) in [6.45, 7) is 0.600. The first-order chi connectivity index (χ1) is 39.8. The number of amides is 9. The number of aliphatic hydroxyl groups is 4. The Morgan fingerprint density at radius 1 is 0.488 bits per heavy atom. The van der Waals surface area contributed by atoms with Gasteiger partial charge in [0.2, 0.25) is 53.2 Å². The number of aliphatic imine (C=N–C) groups is 1. The molecule has 460 valence electrons. The second-order valence-corrected chi connectivity index (χ2v) is 19.6. The number of aliphatic carboxylic acids is 1. The second kappa shape index (κ2) is 35.1. The maximum absolute atomic E-state index is 14.4. The number of hydrogen-bond acceptors (Lipinski definition) is 18. The van der Waals surface area contributed by atoms with Crippen molar-refractivity contribution in [3.05, 3.63) is 95.6 Å². The zero-order valence-corrected chi connectivity index (χ0v) is 46.5. The summed E-state index contributed by atoms with van der Waals surface area (Å²) in [5.74, 6) is -12.0. The smallest absolute Gasteiger partial charge is 0.328 e. The van der Waals surface area contributed by atoms with Crippen molar-refractivity contribution in [2.45, 2.75) is 120 Å². The van der Waals surface area contributed by atoms with Crippen molar-refractivity contribution in [1.82, 2.24) is 47.9 Å². The molecule has 0 aliphatic carbocycles. The molecule has 0 aromatic heterocycles. The number of rotatable bonds is 35. The lowest BCUT2D eigenvalue weighted by Gasteiger charge is -2.29. The zero-order chi connectivity index (χ0) is 62.6. The average Bonchev–Trinajstić information content (AvgIpc) is 3.55. The van der Waals surface area contributed by atoms with Crippen LogP contribution in [0.2, 0.25) is 0 Å². The molecule has 0 radical (unpaired) electrons. The number of carbonyl (C=O) groups excluding carboxylic acids is 9. The third kappa shape index (κ3) is 23.1. The highest BCUT2D eigenvalue weighted by Crippen LogP contribution is 2.16. The number of carboxylic acids is 1. The van der Waals surface area contributed by atoms with Crippen LogP contribution in [0.5, 0.6) is 11.5 Å². The molecule has 22 N–H and O–H groups in total. The number of aromatic hydroxyl groups is 2. The van der Waals surface area contributed by atoms with Crippen LogP contribution in [-0.2, 0) is 67.2 Å². The third-order valence-electron chi connectivity index (χ3n) is 13.0. The van der Waals surface area contributed by atoms with Gasteiger partial charge < -0.3 is 101 Å². The molecule has 3 aromatic carbocycles. The van der Waals surface area contributed by atoms with Crippen molar-refractivity contribution in [3.63, 3.8) is 0 Å². The van der Waals surface area contributed by atoms with Gasteiger partial charge in [-0.1, -0.05) is 74.9 Å². The molecule has 0 saturated carbocycles.